The average Bonchev–Trinajstić information content (AvgIpc) is 0.722. The quantitative estimate of drug-likeness (QED) is 0.311. The fourth-order valence-electron chi connectivity index (χ4n) is 0. The number of rotatable bonds is 0. The molecule has 0 spiro atoms. The van der Waals surface area contributed by atoms with Gasteiger partial charge in [-0.3, -0.25) is 0 Å². The zero-order valence-electron chi connectivity index (χ0n) is 4.30. The van der Waals surface area contributed by atoms with E-state index in [0.717, 1.165) is 0 Å². The van der Waals surface area contributed by atoms with Crippen LogP contribution in [-0.4, -0.2) is 25.8 Å². The van der Waals surface area contributed by atoms with Gasteiger partial charge in [-0.2, -0.15) is 0 Å². The van der Waals surface area contributed by atoms with Crippen LogP contribution in [0.2, 0.25) is 0 Å². The Morgan fingerprint density at radius 1 is 1.17 bits per heavy atom. The molecule has 40 valence electrons. The molecule has 0 unspecified atom stereocenters. The molecule has 0 N–H and O–H groups in total. The van der Waals surface area contributed by atoms with Crippen molar-refractivity contribution in [2.45, 2.75) is 0 Å². The van der Waals surface area contributed by atoms with Crippen molar-refractivity contribution in [3.05, 3.63) is 5.21 Å². The summed E-state index contributed by atoms with van der Waals surface area (Å²) in [5.74, 6) is 0. The molecule has 0 atom stereocenters. The van der Waals surface area contributed by atoms with Crippen LogP contribution in [0, 0.1) is 17.6 Å². The number of hydrogen-bond acceptors (Lipinski definition) is 1. The fraction of sp³-hybridized carbons (Fsp3) is 1.00. The van der Waals surface area contributed by atoms with Crippen LogP contribution in [-0.2, 0) is 0 Å². The first-order chi connectivity index (χ1) is 2.00. The van der Waals surface area contributed by atoms with E-state index < -0.39 is 0 Å². The molecule has 0 rings (SSSR count). The van der Waals surface area contributed by atoms with E-state index in [1.54, 1.807) is 21.1 Å². The van der Waals surface area contributed by atoms with Crippen molar-refractivity contribution in [3.8, 4) is 0 Å². The number of hydroxylamine groups is 3. The van der Waals surface area contributed by atoms with Crippen molar-refractivity contribution in [1.29, 1.82) is 0 Å². The minimum absolute atomic E-state index is 0. The summed E-state index contributed by atoms with van der Waals surface area (Å²) in [7, 11) is 4.71. The van der Waals surface area contributed by atoms with Gasteiger partial charge in [-0.15, -0.1) is 0 Å². The smallest absolute Gasteiger partial charge is 0.0903 e. The molecule has 0 radical (unpaired) electrons. The van der Waals surface area contributed by atoms with Crippen LogP contribution < -0.4 is 0 Å². The monoisotopic (exact) mass is 112 g/mol. The van der Waals surface area contributed by atoms with Crippen molar-refractivity contribution >= 4 is 0 Å². The van der Waals surface area contributed by atoms with E-state index in [2.05, 4.69) is 0 Å². The first-order valence-corrected chi connectivity index (χ1v) is 1.52. The molecule has 0 saturated heterocycles. The molecule has 0 bridgehead atoms. The second-order valence-corrected chi connectivity index (χ2v) is 1.89. The maximum Gasteiger partial charge on any atom is 0.0903 e. The summed E-state index contributed by atoms with van der Waals surface area (Å²) >= 11 is 0. The third kappa shape index (κ3) is 984. The van der Waals surface area contributed by atoms with Gasteiger partial charge in [0, 0.05) is 0 Å². The lowest BCUT2D eigenvalue weighted by Crippen LogP contribution is -2.25. The molecule has 0 aliphatic heterocycles. The highest BCUT2D eigenvalue weighted by Crippen LogP contribution is 1.77. The summed E-state index contributed by atoms with van der Waals surface area (Å²) in [5.41, 5.74) is 0. The zero-order valence-corrected chi connectivity index (χ0v) is 5.20. The van der Waals surface area contributed by atoms with Crippen molar-refractivity contribution in [1.82, 2.24) is 0 Å². The lowest BCUT2D eigenvalue weighted by Gasteiger charge is -2.27. The average molecular weight is 113 g/mol. The van der Waals surface area contributed by atoms with Crippen LogP contribution in [0.15, 0.2) is 0 Å². The van der Waals surface area contributed by atoms with Gasteiger partial charge in [0.15, 0.2) is 0 Å². The van der Waals surface area contributed by atoms with Crippen LogP contribution in [0.3, 0.4) is 0 Å². The van der Waals surface area contributed by atoms with Crippen LogP contribution in [0.4, 0.5) is 0 Å². The van der Waals surface area contributed by atoms with E-state index in [1.807, 2.05) is 0 Å². The predicted octanol–water partition coefficient (Wildman–Crippen LogP) is -0.345. The molecule has 6 heavy (non-hydrogen) atoms. The standard InChI is InChI=1S/C3H9NO.ClH2/c1-4(2,3)5;/h1-3H3;1H2/q;+1. The highest BCUT2D eigenvalue weighted by Gasteiger charge is 1.79. The molecule has 0 heterocycles. The predicted molar refractivity (Wildman–Crippen MR) is 24.2 cm³/mol. The Balaban J connectivity index is 0. The molecule has 0 saturated carbocycles. The van der Waals surface area contributed by atoms with Gasteiger partial charge in [0.2, 0.25) is 0 Å². The van der Waals surface area contributed by atoms with E-state index in [4.69, 9.17) is 0 Å². The van der Waals surface area contributed by atoms with Crippen LogP contribution >= 0.6 is 0 Å². The Labute approximate surface area is 44.3 Å². The van der Waals surface area contributed by atoms with Gasteiger partial charge in [-0.25, -0.2) is 0 Å². The third-order valence-corrected chi connectivity index (χ3v) is 0. The number of nitrogens with zero attached hydrogens (tertiary/aromatic N) is 1. The van der Waals surface area contributed by atoms with E-state index in [-0.39, 0.29) is 17.1 Å². The first-order valence-electron chi connectivity index (χ1n) is 1.52. The molecule has 0 aromatic rings. The zero-order chi connectivity index (χ0) is 4.50. The SMILES string of the molecule is C[N+](C)(C)[O-].[ClH2+]. The van der Waals surface area contributed by atoms with Crippen LogP contribution in [0.25, 0.3) is 0 Å². The maximum atomic E-state index is 10.0. The second-order valence-electron chi connectivity index (χ2n) is 1.89. The van der Waals surface area contributed by atoms with Gasteiger partial charge >= 0.3 is 0 Å². The lowest BCUT2D eigenvalue weighted by atomic mass is 11.0. The van der Waals surface area contributed by atoms with Crippen molar-refractivity contribution < 1.29 is 17.1 Å². The molecular weight excluding hydrogens is 101 g/mol. The van der Waals surface area contributed by atoms with E-state index >= 15 is 0 Å². The molecular formula is C3H11ClNO+. The van der Waals surface area contributed by atoms with Crippen molar-refractivity contribution in [2.24, 2.45) is 0 Å². The summed E-state index contributed by atoms with van der Waals surface area (Å²) in [6.07, 6.45) is 0. The second kappa shape index (κ2) is 2.39. The molecule has 0 aromatic heterocycles. The lowest BCUT2D eigenvalue weighted by molar-refractivity contribution is -0.818. The summed E-state index contributed by atoms with van der Waals surface area (Å²) in [6, 6.07) is 0. The van der Waals surface area contributed by atoms with Crippen LogP contribution in [0.1, 0.15) is 0 Å². The Bertz CT molecular complexity index is 26.3. The number of halogens is 1. The third-order valence-electron chi connectivity index (χ3n) is 0. The molecule has 0 amide bonds. The highest BCUT2D eigenvalue weighted by atomic mass is 35.5. The number of quaternary nitrogens is 1. The van der Waals surface area contributed by atoms with Crippen molar-refractivity contribution in [3.63, 3.8) is 0 Å². The summed E-state index contributed by atoms with van der Waals surface area (Å²) in [6.45, 7) is 0. The Morgan fingerprint density at radius 3 is 1.17 bits per heavy atom. The van der Waals surface area contributed by atoms with Gasteiger partial charge in [0.05, 0.1) is 33.6 Å². The fourth-order valence-corrected chi connectivity index (χ4v) is 0. The van der Waals surface area contributed by atoms with Gasteiger partial charge in [-0.05, 0) is 0 Å². The van der Waals surface area contributed by atoms with E-state index in [1.165, 1.54) is 0 Å². The Hall–Kier alpha value is 0.210. The first kappa shape index (κ1) is 9.51. The van der Waals surface area contributed by atoms with Gasteiger partial charge in [-0.1, -0.05) is 0 Å². The summed E-state index contributed by atoms with van der Waals surface area (Å²) in [5, 5.41) is 10.0. The van der Waals surface area contributed by atoms with E-state index in [9.17, 15) is 5.21 Å². The highest BCUT2D eigenvalue weighted by molar-refractivity contribution is 4.05. The minimum Gasteiger partial charge on any atom is -0.633 e. The minimum atomic E-state index is -0.250. The Kier molecular flexibility index (Phi) is 3.80. The Morgan fingerprint density at radius 2 is 1.17 bits per heavy atom. The normalized spacial score (nSPS) is 10.0. The largest absolute Gasteiger partial charge is 0.633 e. The summed E-state index contributed by atoms with van der Waals surface area (Å²) in [4.78, 5) is 0. The molecule has 2 nitrogen and oxygen atoms in total. The molecule has 0 aromatic carbocycles. The molecule has 0 fully saturated rings. The van der Waals surface area contributed by atoms with Crippen LogP contribution in [0.5, 0.6) is 0 Å². The van der Waals surface area contributed by atoms with E-state index in [0.29, 0.717) is 0 Å². The number of hydrogen-bond donors (Lipinski definition) is 0. The van der Waals surface area contributed by atoms with Crippen molar-refractivity contribution in [2.75, 3.05) is 21.1 Å². The molecule has 0 aliphatic carbocycles. The molecule has 0 aliphatic rings. The van der Waals surface area contributed by atoms with Gasteiger partial charge < -0.3 is 9.85 Å². The van der Waals surface area contributed by atoms with Gasteiger partial charge in [0.25, 0.3) is 0 Å². The van der Waals surface area contributed by atoms with Gasteiger partial charge in [0.1, 0.15) is 0 Å². The molecule has 3 heteroatoms. The summed E-state index contributed by atoms with van der Waals surface area (Å²) < 4.78 is -0.250. The maximum absolute atomic E-state index is 10.0. The topological polar surface area (TPSA) is 23.1 Å².